The first-order valence-electron chi connectivity index (χ1n) is 8.23. The summed E-state index contributed by atoms with van der Waals surface area (Å²) in [6.07, 6.45) is 8.41. The van der Waals surface area contributed by atoms with Gasteiger partial charge in [0.05, 0.1) is 12.7 Å². The zero-order valence-electron chi connectivity index (χ0n) is 12.9. The fourth-order valence-electron chi connectivity index (χ4n) is 2.93. The van der Waals surface area contributed by atoms with Gasteiger partial charge < -0.3 is 14.8 Å². The van der Waals surface area contributed by atoms with Gasteiger partial charge in [0.1, 0.15) is 6.04 Å². The van der Waals surface area contributed by atoms with E-state index in [-0.39, 0.29) is 12.0 Å². The van der Waals surface area contributed by atoms with Gasteiger partial charge in [-0.15, -0.1) is 0 Å². The lowest BCUT2D eigenvalue weighted by molar-refractivity contribution is -0.146. The molecule has 0 heterocycles. The highest BCUT2D eigenvalue weighted by Gasteiger charge is 2.29. The molecule has 4 nitrogen and oxygen atoms in total. The van der Waals surface area contributed by atoms with Crippen molar-refractivity contribution in [2.45, 2.75) is 77.0 Å². The maximum Gasteiger partial charge on any atom is 0.323 e. The van der Waals surface area contributed by atoms with Crippen molar-refractivity contribution < 1.29 is 14.3 Å². The minimum absolute atomic E-state index is 0.125. The quantitative estimate of drug-likeness (QED) is 0.696. The molecule has 0 aliphatic heterocycles. The summed E-state index contributed by atoms with van der Waals surface area (Å²) in [5.74, 6) is 0.652. The van der Waals surface area contributed by atoms with E-state index in [2.05, 4.69) is 12.2 Å². The Balaban J connectivity index is 1.68. The molecule has 3 unspecified atom stereocenters. The van der Waals surface area contributed by atoms with Crippen molar-refractivity contribution in [3.8, 4) is 0 Å². The first-order chi connectivity index (χ1) is 9.69. The largest absolute Gasteiger partial charge is 0.465 e. The Labute approximate surface area is 122 Å². The van der Waals surface area contributed by atoms with Crippen LogP contribution in [0.1, 0.15) is 58.8 Å². The normalized spacial score (nSPS) is 28.1. The van der Waals surface area contributed by atoms with E-state index in [1.807, 2.05) is 6.92 Å². The predicted molar refractivity (Wildman–Crippen MR) is 78.6 cm³/mol. The van der Waals surface area contributed by atoms with E-state index in [0.29, 0.717) is 25.4 Å². The highest BCUT2D eigenvalue weighted by molar-refractivity contribution is 5.75. The van der Waals surface area contributed by atoms with Gasteiger partial charge in [-0.05, 0) is 44.9 Å². The maximum atomic E-state index is 11.9. The zero-order valence-corrected chi connectivity index (χ0v) is 12.9. The molecule has 116 valence electrons. The van der Waals surface area contributed by atoms with Gasteiger partial charge in [-0.3, -0.25) is 4.79 Å². The summed E-state index contributed by atoms with van der Waals surface area (Å²) in [6, 6.07) is 0.322. The van der Waals surface area contributed by atoms with E-state index < -0.39 is 0 Å². The van der Waals surface area contributed by atoms with Crippen LogP contribution in [0.3, 0.4) is 0 Å². The molecular formula is C16H29NO3. The van der Waals surface area contributed by atoms with Crippen molar-refractivity contribution in [2.75, 3.05) is 13.2 Å². The second-order valence-corrected chi connectivity index (χ2v) is 6.30. The molecule has 0 aromatic heterocycles. The topological polar surface area (TPSA) is 47.6 Å². The molecule has 0 bridgehead atoms. The molecule has 2 aliphatic carbocycles. The summed E-state index contributed by atoms with van der Waals surface area (Å²) >= 11 is 0. The highest BCUT2D eigenvalue weighted by Crippen LogP contribution is 2.26. The Morgan fingerprint density at radius 3 is 2.75 bits per heavy atom. The standard InChI is InChI=1S/C16H29NO3/c1-3-19-16(18)15(17-13-7-8-13)9-10-20-14-6-4-5-12(2)11-14/h12-15,17H,3-11H2,1-2H3. The fraction of sp³-hybridized carbons (Fsp3) is 0.938. The summed E-state index contributed by atoms with van der Waals surface area (Å²) in [4.78, 5) is 11.9. The average Bonchev–Trinajstić information content (AvgIpc) is 3.22. The lowest BCUT2D eigenvalue weighted by Crippen LogP contribution is -2.40. The van der Waals surface area contributed by atoms with Crippen LogP contribution in [0.4, 0.5) is 0 Å². The van der Waals surface area contributed by atoms with Gasteiger partial charge in [0, 0.05) is 12.6 Å². The molecule has 0 aromatic carbocycles. The first-order valence-corrected chi connectivity index (χ1v) is 8.23. The fourth-order valence-corrected chi connectivity index (χ4v) is 2.93. The van der Waals surface area contributed by atoms with E-state index >= 15 is 0 Å². The molecule has 0 spiro atoms. The molecule has 0 aromatic rings. The van der Waals surface area contributed by atoms with Crippen LogP contribution in [0, 0.1) is 5.92 Å². The van der Waals surface area contributed by atoms with E-state index in [0.717, 1.165) is 12.3 Å². The van der Waals surface area contributed by atoms with Gasteiger partial charge in [0.15, 0.2) is 0 Å². The van der Waals surface area contributed by atoms with E-state index in [1.54, 1.807) is 0 Å². The predicted octanol–water partition coefficient (Wildman–Crippen LogP) is 2.66. The van der Waals surface area contributed by atoms with E-state index in [9.17, 15) is 4.79 Å². The second-order valence-electron chi connectivity index (χ2n) is 6.30. The van der Waals surface area contributed by atoms with Crippen molar-refractivity contribution in [1.82, 2.24) is 5.32 Å². The third-order valence-electron chi connectivity index (χ3n) is 4.23. The molecule has 20 heavy (non-hydrogen) atoms. The Hall–Kier alpha value is -0.610. The molecule has 2 saturated carbocycles. The Kier molecular flexibility index (Phi) is 6.30. The van der Waals surface area contributed by atoms with Crippen molar-refractivity contribution in [3.05, 3.63) is 0 Å². The zero-order chi connectivity index (χ0) is 14.4. The number of esters is 1. The number of carbonyl (C=O) groups is 1. The summed E-state index contributed by atoms with van der Waals surface area (Å²) in [7, 11) is 0. The molecule has 2 fully saturated rings. The maximum absolute atomic E-state index is 11.9. The number of rotatable bonds is 8. The second kappa shape index (κ2) is 7.99. The number of carbonyl (C=O) groups excluding carboxylic acids is 1. The number of nitrogens with one attached hydrogen (secondary N) is 1. The minimum Gasteiger partial charge on any atom is -0.465 e. The van der Waals surface area contributed by atoms with Crippen LogP contribution < -0.4 is 5.32 Å². The molecule has 4 heteroatoms. The Morgan fingerprint density at radius 2 is 2.10 bits per heavy atom. The Bertz CT molecular complexity index is 304. The van der Waals surface area contributed by atoms with Gasteiger partial charge in [-0.2, -0.15) is 0 Å². The number of hydrogen-bond acceptors (Lipinski definition) is 4. The van der Waals surface area contributed by atoms with Crippen molar-refractivity contribution in [1.29, 1.82) is 0 Å². The number of hydrogen-bond donors (Lipinski definition) is 1. The average molecular weight is 283 g/mol. The van der Waals surface area contributed by atoms with Gasteiger partial charge in [-0.25, -0.2) is 0 Å². The SMILES string of the molecule is CCOC(=O)C(CCOC1CCCC(C)C1)NC1CC1. The third kappa shape index (κ3) is 5.41. The molecular weight excluding hydrogens is 254 g/mol. The van der Waals surface area contributed by atoms with Crippen LogP contribution in [0.15, 0.2) is 0 Å². The van der Waals surface area contributed by atoms with Crippen LogP contribution >= 0.6 is 0 Å². The van der Waals surface area contributed by atoms with E-state index in [4.69, 9.17) is 9.47 Å². The molecule has 3 atom stereocenters. The summed E-state index contributed by atoms with van der Waals surface area (Å²) in [6.45, 7) is 5.25. The van der Waals surface area contributed by atoms with Crippen molar-refractivity contribution in [2.24, 2.45) is 5.92 Å². The summed E-state index contributed by atoms with van der Waals surface area (Å²) in [5, 5.41) is 3.37. The van der Waals surface area contributed by atoms with Crippen LogP contribution in [0.2, 0.25) is 0 Å². The first kappa shape index (κ1) is 15.8. The molecule has 0 amide bonds. The van der Waals surface area contributed by atoms with Gasteiger partial charge in [-0.1, -0.05) is 19.8 Å². The van der Waals surface area contributed by atoms with Crippen molar-refractivity contribution >= 4 is 5.97 Å². The third-order valence-corrected chi connectivity index (χ3v) is 4.23. The smallest absolute Gasteiger partial charge is 0.323 e. The van der Waals surface area contributed by atoms with E-state index in [1.165, 1.54) is 38.5 Å². The van der Waals surface area contributed by atoms with Gasteiger partial charge >= 0.3 is 5.97 Å². The van der Waals surface area contributed by atoms with Crippen LogP contribution in [0.25, 0.3) is 0 Å². The lowest BCUT2D eigenvalue weighted by Gasteiger charge is -2.27. The van der Waals surface area contributed by atoms with Crippen LogP contribution in [-0.2, 0) is 14.3 Å². The van der Waals surface area contributed by atoms with Crippen LogP contribution in [0.5, 0.6) is 0 Å². The molecule has 0 radical (unpaired) electrons. The molecule has 2 rings (SSSR count). The molecule has 2 aliphatic rings. The summed E-state index contributed by atoms with van der Waals surface area (Å²) < 4.78 is 11.1. The van der Waals surface area contributed by atoms with Crippen molar-refractivity contribution in [3.63, 3.8) is 0 Å². The number of ether oxygens (including phenoxy) is 2. The van der Waals surface area contributed by atoms with Gasteiger partial charge in [0.25, 0.3) is 0 Å². The molecule has 0 saturated heterocycles. The van der Waals surface area contributed by atoms with Gasteiger partial charge in [0.2, 0.25) is 0 Å². The lowest BCUT2D eigenvalue weighted by atomic mass is 9.89. The highest BCUT2D eigenvalue weighted by atomic mass is 16.5. The minimum atomic E-state index is -0.191. The van der Waals surface area contributed by atoms with Crippen LogP contribution in [-0.4, -0.2) is 37.4 Å². The monoisotopic (exact) mass is 283 g/mol. The summed E-state index contributed by atoms with van der Waals surface area (Å²) in [5.41, 5.74) is 0. The Morgan fingerprint density at radius 1 is 1.30 bits per heavy atom. The molecule has 1 N–H and O–H groups in total.